The van der Waals surface area contributed by atoms with Crippen LogP contribution in [0.1, 0.15) is 37.2 Å². The molecule has 0 unspecified atom stereocenters. The lowest BCUT2D eigenvalue weighted by Gasteiger charge is -2.21. The van der Waals surface area contributed by atoms with Gasteiger partial charge in [0.05, 0.1) is 0 Å². The van der Waals surface area contributed by atoms with Crippen LogP contribution in [0.4, 0.5) is 0 Å². The van der Waals surface area contributed by atoms with E-state index in [2.05, 4.69) is 0 Å². The van der Waals surface area contributed by atoms with Gasteiger partial charge in [0.25, 0.3) is 0 Å². The Morgan fingerprint density at radius 2 is 1.93 bits per heavy atom. The minimum atomic E-state index is 0.319. The number of hydrogen-bond acceptors (Lipinski definition) is 2. The van der Waals surface area contributed by atoms with Crippen LogP contribution < -0.4 is 0 Å². The van der Waals surface area contributed by atoms with Crippen molar-refractivity contribution < 1.29 is 9.90 Å². The summed E-state index contributed by atoms with van der Waals surface area (Å²) in [5, 5.41) is 9.33. The third-order valence-corrected chi connectivity index (χ3v) is 2.88. The van der Waals surface area contributed by atoms with Crippen LogP contribution in [0.2, 0.25) is 0 Å². The number of aromatic hydroxyl groups is 1. The number of benzene rings is 1. The fourth-order valence-corrected chi connectivity index (χ4v) is 2.05. The van der Waals surface area contributed by atoms with Crippen LogP contribution in [0.3, 0.4) is 0 Å². The van der Waals surface area contributed by atoms with Crippen molar-refractivity contribution in [1.82, 2.24) is 0 Å². The maximum Gasteiger partial charge on any atom is 0.132 e. The van der Waals surface area contributed by atoms with Crippen LogP contribution in [-0.2, 0) is 4.79 Å². The van der Waals surface area contributed by atoms with Gasteiger partial charge in [0.2, 0.25) is 0 Å². The summed E-state index contributed by atoms with van der Waals surface area (Å²) in [7, 11) is 0. The van der Waals surface area contributed by atoms with Crippen LogP contribution in [0.5, 0.6) is 5.75 Å². The molecule has 1 aromatic carbocycles. The van der Waals surface area contributed by atoms with Crippen molar-refractivity contribution in [2.24, 2.45) is 0 Å². The summed E-state index contributed by atoms with van der Waals surface area (Å²) in [6.45, 7) is 0. The highest BCUT2D eigenvalue weighted by atomic mass is 16.3. The van der Waals surface area contributed by atoms with Gasteiger partial charge in [-0.25, -0.2) is 0 Å². The lowest BCUT2D eigenvalue weighted by molar-refractivity contribution is -0.120. The molecule has 0 saturated heterocycles. The summed E-state index contributed by atoms with van der Waals surface area (Å²) in [6.07, 6.45) is 3.26. The molecule has 0 amide bonds. The van der Waals surface area contributed by atoms with Gasteiger partial charge in [0.15, 0.2) is 0 Å². The van der Waals surface area contributed by atoms with Crippen molar-refractivity contribution in [1.29, 1.82) is 0 Å². The second-order valence-corrected chi connectivity index (χ2v) is 3.91. The first-order valence-corrected chi connectivity index (χ1v) is 5.06. The summed E-state index contributed by atoms with van der Waals surface area (Å²) in [5.41, 5.74) is 1.16. The average molecular weight is 190 g/mol. The first kappa shape index (κ1) is 9.25. The van der Waals surface area contributed by atoms with E-state index < -0.39 is 0 Å². The summed E-state index contributed by atoms with van der Waals surface area (Å²) >= 11 is 0. The predicted octanol–water partition coefficient (Wildman–Crippen LogP) is 2.62. The molecular weight excluding hydrogens is 176 g/mol. The van der Waals surface area contributed by atoms with Gasteiger partial charge in [-0.15, -0.1) is 0 Å². The lowest BCUT2D eigenvalue weighted by atomic mass is 9.83. The van der Waals surface area contributed by atoms with Gasteiger partial charge in [-0.1, -0.05) is 12.1 Å². The van der Waals surface area contributed by atoms with Crippen LogP contribution in [0, 0.1) is 0 Å². The molecule has 2 nitrogen and oxygen atoms in total. The number of phenols is 1. The molecule has 0 spiro atoms. The largest absolute Gasteiger partial charge is 0.508 e. The Labute approximate surface area is 83.6 Å². The second kappa shape index (κ2) is 3.82. The number of phenolic OH excluding ortho intramolecular Hbond substituents is 1. The number of Topliss-reactive ketones (excluding diaryl/α,β-unsaturated/α-hetero) is 1. The molecule has 0 atom stereocenters. The monoisotopic (exact) mass is 190 g/mol. The van der Waals surface area contributed by atoms with E-state index >= 15 is 0 Å². The van der Waals surface area contributed by atoms with Gasteiger partial charge in [0, 0.05) is 12.8 Å². The van der Waals surface area contributed by atoms with Gasteiger partial charge in [0.1, 0.15) is 11.5 Å². The average Bonchev–Trinajstić information content (AvgIpc) is 2.19. The maximum atomic E-state index is 11.1. The standard InChI is InChI=1S/C12H14O2/c13-11-6-4-9(5-7-11)10-2-1-3-12(14)8-10/h1-3,8-9,14H,4-7H2. The first-order valence-electron chi connectivity index (χ1n) is 5.06. The lowest BCUT2D eigenvalue weighted by Crippen LogP contribution is -2.12. The molecule has 1 saturated carbocycles. The van der Waals surface area contributed by atoms with E-state index in [0.29, 0.717) is 30.3 Å². The Morgan fingerprint density at radius 1 is 1.21 bits per heavy atom. The molecule has 0 bridgehead atoms. The molecule has 0 radical (unpaired) electrons. The summed E-state index contributed by atoms with van der Waals surface area (Å²) < 4.78 is 0. The van der Waals surface area contributed by atoms with E-state index in [4.69, 9.17) is 0 Å². The Hall–Kier alpha value is -1.31. The molecule has 2 heteroatoms. The Kier molecular flexibility index (Phi) is 2.53. The zero-order chi connectivity index (χ0) is 9.97. The minimum Gasteiger partial charge on any atom is -0.508 e. The highest BCUT2D eigenvalue weighted by Gasteiger charge is 2.19. The van der Waals surface area contributed by atoms with Gasteiger partial charge in [-0.3, -0.25) is 4.79 Å². The zero-order valence-electron chi connectivity index (χ0n) is 8.07. The molecule has 0 heterocycles. The van der Waals surface area contributed by atoms with Gasteiger partial charge >= 0.3 is 0 Å². The summed E-state index contributed by atoms with van der Waals surface area (Å²) in [4.78, 5) is 11.1. The van der Waals surface area contributed by atoms with Crippen LogP contribution in [0.25, 0.3) is 0 Å². The number of rotatable bonds is 1. The van der Waals surface area contributed by atoms with Gasteiger partial charge < -0.3 is 5.11 Å². The predicted molar refractivity (Wildman–Crippen MR) is 54.3 cm³/mol. The SMILES string of the molecule is O=C1CCC(c2cccc(O)c2)CC1. The van der Waals surface area contributed by atoms with Crippen molar-refractivity contribution in [2.75, 3.05) is 0 Å². The molecule has 1 aromatic rings. The third kappa shape index (κ3) is 1.95. The molecular formula is C12H14O2. The fourth-order valence-electron chi connectivity index (χ4n) is 2.05. The minimum absolute atomic E-state index is 0.319. The molecule has 1 aliphatic rings. The molecule has 74 valence electrons. The third-order valence-electron chi connectivity index (χ3n) is 2.88. The summed E-state index contributed by atoms with van der Waals surface area (Å²) in [6, 6.07) is 7.37. The molecule has 1 N–H and O–H groups in total. The highest BCUT2D eigenvalue weighted by Crippen LogP contribution is 2.32. The van der Waals surface area contributed by atoms with E-state index in [0.717, 1.165) is 18.4 Å². The molecule has 14 heavy (non-hydrogen) atoms. The van der Waals surface area contributed by atoms with E-state index in [1.165, 1.54) is 0 Å². The van der Waals surface area contributed by atoms with Crippen LogP contribution >= 0.6 is 0 Å². The number of hydrogen-bond donors (Lipinski definition) is 1. The van der Waals surface area contributed by atoms with Crippen molar-refractivity contribution in [3.05, 3.63) is 29.8 Å². The zero-order valence-corrected chi connectivity index (χ0v) is 8.07. The molecule has 1 fully saturated rings. The fraction of sp³-hybridized carbons (Fsp3) is 0.417. The van der Waals surface area contributed by atoms with Crippen LogP contribution in [-0.4, -0.2) is 10.9 Å². The Balaban J connectivity index is 2.12. The highest BCUT2D eigenvalue weighted by molar-refractivity contribution is 5.79. The van der Waals surface area contributed by atoms with E-state index in [-0.39, 0.29) is 0 Å². The molecule has 2 rings (SSSR count). The van der Waals surface area contributed by atoms with Crippen molar-refractivity contribution in [3.63, 3.8) is 0 Å². The number of carbonyl (C=O) groups is 1. The van der Waals surface area contributed by atoms with E-state index in [9.17, 15) is 9.90 Å². The van der Waals surface area contributed by atoms with Crippen molar-refractivity contribution >= 4 is 5.78 Å². The topological polar surface area (TPSA) is 37.3 Å². The van der Waals surface area contributed by atoms with Crippen molar-refractivity contribution in [2.45, 2.75) is 31.6 Å². The quantitative estimate of drug-likeness (QED) is 0.739. The number of carbonyl (C=O) groups excluding carboxylic acids is 1. The maximum absolute atomic E-state index is 11.1. The first-order chi connectivity index (χ1) is 6.75. The number of ketones is 1. The van der Waals surface area contributed by atoms with E-state index in [1.54, 1.807) is 12.1 Å². The second-order valence-electron chi connectivity index (χ2n) is 3.91. The molecule has 1 aliphatic carbocycles. The smallest absolute Gasteiger partial charge is 0.132 e. The molecule has 0 aromatic heterocycles. The van der Waals surface area contributed by atoms with Crippen LogP contribution in [0.15, 0.2) is 24.3 Å². The van der Waals surface area contributed by atoms with Crippen molar-refractivity contribution in [3.8, 4) is 5.75 Å². The van der Waals surface area contributed by atoms with Gasteiger partial charge in [-0.2, -0.15) is 0 Å². The normalized spacial score (nSPS) is 18.4. The Bertz CT molecular complexity index is 334. The van der Waals surface area contributed by atoms with Gasteiger partial charge in [-0.05, 0) is 36.5 Å². The molecule has 0 aliphatic heterocycles. The summed E-state index contributed by atoms with van der Waals surface area (Å²) in [5.74, 6) is 1.15. The Morgan fingerprint density at radius 3 is 2.57 bits per heavy atom. The van der Waals surface area contributed by atoms with E-state index in [1.807, 2.05) is 12.1 Å².